The molecule has 0 spiro atoms. The number of aromatic hydroxyl groups is 1. The van der Waals surface area contributed by atoms with E-state index >= 15 is 0 Å². The minimum absolute atomic E-state index is 0.0887. The summed E-state index contributed by atoms with van der Waals surface area (Å²) in [4.78, 5) is 26.4. The molecule has 1 heterocycles. The summed E-state index contributed by atoms with van der Waals surface area (Å²) in [6.45, 7) is 1.82. The maximum absolute atomic E-state index is 12.0. The van der Waals surface area contributed by atoms with Gasteiger partial charge in [-0.3, -0.25) is 0 Å². The van der Waals surface area contributed by atoms with Crippen molar-refractivity contribution in [3.8, 4) is 67.9 Å². The van der Waals surface area contributed by atoms with E-state index in [1.165, 1.54) is 13.2 Å². The van der Waals surface area contributed by atoms with Gasteiger partial charge in [-0.25, -0.2) is 19.7 Å². The van der Waals surface area contributed by atoms with Crippen LogP contribution in [0.25, 0.3) is 56.4 Å². The Hall–Kier alpha value is -5.82. The molecule has 5 aromatic carbocycles. The lowest BCUT2D eigenvalue weighted by Crippen LogP contribution is -2.27. The first-order chi connectivity index (χ1) is 22.0. The molecule has 0 saturated heterocycles. The Morgan fingerprint density at radius 1 is 0.622 bits per heavy atom. The topological polar surface area (TPSA) is 94.4 Å². The second kappa shape index (κ2) is 13.2. The van der Waals surface area contributed by atoms with Gasteiger partial charge < -0.3 is 14.6 Å². The summed E-state index contributed by atoms with van der Waals surface area (Å²) in [5, 5.41) is 11.1. The first kappa shape index (κ1) is 29.3. The van der Waals surface area contributed by atoms with Crippen molar-refractivity contribution < 1.29 is 19.4 Å². The predicted octanol–water partition coefficient (Wildman–Crippen LogP) is 8.24. The van der Waals surface area contributed by atoms with Gasteiger partial charge in [-0.05, 0) is 40.8 Å². The van der Waals surface area contributed by atoms with E-state index in [9.17, 15) is 9.90 Å². The van der Waals surface area contributed by atoms with Gasteiger partial charge in [0.05, 0.1) is 12.7 Å². The molecule has 0 aliphatic carbocycles. The largest absolute Gasteiger partial charge is 0.507 e. The number of hydrogen-bond acceptors (Lipinski definition) is 7. The highest BCUT2D eigenvalue weighted by Gasteiger charge is 2.20. The molecule has 1 atom stereocenters. The standard InChI is InChI=1S/C38H31N3O4/c1-3-34(38(43)44-2)45-31-22-23-32(33(42)24-31)37-40-35(29-18-14-27(15-19-29)25-10-6-4-7-11-25)39-36(41-37)30-20-16-28(17-21-30)26-12-8-5-9-13-26/h4-24,34,42H,3H2,1-2H3. The van der Waals surface area contributed by atoms with Gasteiger partial charge in [0.15, 0.2) is 23.6 Å². The van der Waals surface area contributed by atoms with Crippen LogP contribution < -0.4 is 4.74 Å². The maximum Gasteiger partial charge on any atom is 0.347 e. The number of phenolic OH excluding ortho intramolecular Hbond substituents is 1. The number of nitrogens with zero attached hydrogens (tertiary/aromatic N) is 3. The lowest BCUT2D eigenvalue weighted by molar-refractivity contribution is -0.148. The number of phenols is 1. The number of ether oxygens (including phenoxy) is 2. The molecule has 1 aromatic heterocycles. The van der Waals surface area contributed by atoms with Crippen LogP contribution in [-0.2, 0) is 9.53 Å². The van der Waals surface area contributed by atoms with E-state index in [2.05, 4.69) is 24.3 Å². The second-order valence-electron chi connectivity index (χ2n) is 10.4. The van der Waals surface area contributed by atoms with Crippen LogP contribution in [0.4, 0.5) is 0 Å². The van der Waals surface area contributed by atoms with Gasteiger partial charge in [-0.15, -0.1) is 0 Å². The third-order valence-corrected chi connectivity index (χ3v) is 7.46. The van der Waals surface area contributed by atoms with Crippen LogP contribution in [0, 0.1) is 0 Å². The summed E-state index contributed by atoms with van der Waals surface area (Å²) < 4.78 is 10.6. The van der Waals surface area contributed by atoms with Crippen LogP contribution in [0.15, 0.2) is 127 Å². The molecule has 0 amide bonds. The molecule has 7 heteroatoms. The smallest absolute Gasteiger partial charge is 0.347 e. The van der Waals surface area contributed by atoms with Gasteiger partial charge in [-0.2, -0.15) is 0 Å². The Morgan fingerprint density at radius 3 is 1.51 bits per heavy atom. The van der Waals surface area contributed by atoms with Gasteiger partial charge >= 0.3 is 5.97 Å². The fourth-order valence-corrected chi connectivity index (χ4v) is 5.01. The van der Waals surface area contributed by atoms with Gasteiger partial charge in [-0.1, -0.05) is 116 Å². The summed E-state index contributed by atoms with van der Waals surface area (Å²) in [6, 6.07) is 41.2. The Labute approximate surface area is 261 Å². The molecule has 0 aliphatic heterocycles. The number of carbonyl (C=O) groups excluding carboxylic acids is 1. The summed E-state index contributed by atoms with van der Waals surface area (Å²) in [5.41, 5.74) is 6.41. The first-order valence-corrected chi connectivity index (χ1v) is 14.7. The molecule has 0 bridgehead atoms. The molecule has 1 unspecified atom stereocenters. The first-order valence-electron chi connectivity index (χ1n) is 14.7. The van der Waals surface area contributed by atoms with Crippen LogP contribution in [0.3, 0.4) is 0 Å². The highest BCUT2D eigenvalue weighted by Crippen LogP contribution is 2.34. The van der Waals surface area contributed by atoms with Crippen molar-refractivity contribution >= 4 is 5.97 Å². The van der Waals surface area contributed by atoms with Gasteiger partial charge in [0.25, 0.3) is 0 Å². The third-order valence-electron chi connectivity index (χ3n) is 7.46. The van der Waals surface area contributed by atoms with E-state index in [1.54, 1.807) is 12.1 Å². The van der Waals surface area contributed by atoms with Gasteiger partial charge in [0.2, 0.25) is 0 Å². The number of carbonyl (C=O) groups is 1. The van der Waals surface area contributed by atoms with E-state index in [0.717, 1.165) is 33.4 Å². The molecule has 0 saturated carbocycles. The summed E-state index contributed by atoms with van der Waals surface area (Å²) in [7, 11) is 1.31. The number of methoxy groups -OCH3 is 1. The summed E-state index contributed by atoms with van der Waals surface area (Å²) >= 11 is 0. The number of rotatable bonds is 9. The fraction of sp³-hybridized carbons (Fsp3) is 0.105. The molecule has 6 rings (SSSR count). The van der Waals surface area contributed by atoms with E-state index < -0.39 is 12.1 Å². The van der Waals surface area contributed by atoms with Crippen LogP contribution in [0.2, 0.25) is 0 Å². The molecule has 45 heavy (non-hydrogen) atoms. The highest BCUT2D eigenvalue weighted by atomic mass is 16.6. The molecular formula is C38H31N3O4. The maximum atomic E-state index is 12.0. The van der Waals surface area contributed by atoms with E-state index in [1.807, 2.05) is 91.9 Å². The normalized spacial score (nSPS) is 11.5. The summed E-state index contributed by atoms with van der Waals surface area (Å²) in [6.07, 6.45) is -0.366. The zero-order chi connectivity index (χ0) is 31.2. The van der Waals surface area contributed by atoms with E-state index in [0.29, 0.717) is 35.2 Å². The van der Waals surface area contributed by atoms with E-state index in [4.69, 9.17) is 24.4 Å². The van der Waals surface area contributed by atoms with Gasteiger partial charge in [0.1, 0.15) is 11.5 Å². The molecule has 1 N–H and O–H groups in total. The lowest BCUT2D eigenvalue weighted by atomic mass is 10.0. The zero-order valence-corrected chi connectivity index (χ0v) is 24.9. The van der Waals surface area contributed by atoms with E-state index in [-0.39, 0.29) is 5.75 Å². The number of benzene rings is 5. The van der Waals surface area contributed by atoms with Crippen molar-refractivity contribution in [2.75, 3.05) is 7.11 Å². The van der Waals surface area contributed by atoms with Crippen LogP contribution >= 0.6 is 0 Å². The van der Waals surface area contributed by atoms with Crippen LogP contribution in [0.5, 0.6) is 11.5 Å². The minimum atomic E-state index is -0.784. The Kier molecular flexibility index (Phi) is 8.60. The lowest BCUT2D eigenvalue weighted by Gasteiger charge is -2.16. The monoisotopic (exact) mass is 593 g/mol. The number of aromatic nitrogens is 3. The Balaban J connectivity index is 1.39. The van der Waals surface area contributed by atoms with Crippen molar-refractivity contribution in [2.24, 2.45) is 0 Å². The number of esters is 1. The van der Waals surface area contributed by atoms with Crippen molar-refractivity contribution in [3.05, 3.63) is 127 Å². The summed E-state index contributed by atoms with van der Waals surface area (Å²) in [5.74, 6) is 1.00. The second-order valence-corrected chi connectivity index (χ2v) is 10.4. The zero-order valence-electron chi connectivity index (χ0n) is 24.9. The van der Waals surface area contributed by atoms with Crippen molar-refractivity contribution in [3.63, 3.8) is 0 Å². The average Bonchev–Trinajstić information content (AvgIpc) is 3.11. The molecule has 0 aliphatic rings. The molecule has 0 fully saturated rings. The average molecular weight is 594 g/mol. The predicted molar refractivity (Wildman–Crippen MR) is 175 cm³/mol. The van der Waals surface area contributed by atoms with Crippen molar-refractivity contribution in [2.45, 2.75) is 19.4 Å². The third kappa shape index (κ3) is 6.58. The van der Waals surface area contributed by atoms with Gasteiger partial charge in [0, 0.05) is 17.2 Å². The molecule has 6 aromatic rings. The molecule has 222 valence electrons. The van der Waals surface area contributed by atoms with Crippen molar-refractivity contribution in [1.82, 2.24) is 15.0 Å². The minimum Gasteiger partial charge on any atom is -0.507 e. The Bertz CT molecular complexity index is 1810. The highest BCUT2D eigenvalue weighted by molar-refractivity contribution is 5.76. The SMILES string of the molecule is CCC(Oc1ccc(-c2nc(-c3ccc(-c4ccccc4)cc3)nc(-c3ccc(-c4ccccc4)cc3)n2)c(O)c1)C(=O)OC. The van der Waals surface area contributed by atoms with Crippen LogP contribution in [0.1, 0.15) is 13.3 Å². The number of hydrogen-bond donors (Lipinski definition) is 1. The molecule has 0 radical (unpaired) electrons. The Morgan fingerprint density at radius 2 is 1.07 bits per heavy atom. The quantitative estimate of drug-likeness (QED) is 0.169. The molecular weight excluding hydrogens is 562 g/mol. The van der Waals surface area contributed by atoms with Crippen LogP contribution in [-0.4, -0.2) is 39.2 Å². The molecule has 7 nitrogen and oxygen atoms in total. The van der Waals surface area contributed by atoms with Crippen molar-refractivity contribution in [1.29, 1.82) is 0 Å². The fourth-order valence-electron chi connectivity index (χ4n) is 5.01.